The number of ketones is 1. The fraction of sp³-hybridized carbons (Fsp3) is 0.167. The third-order valence-corrected chi connectivity index (χ3v) is 6.13. The number of fused-ring (bicyclic) bond motifs is 3. The van der Waals surface area contributed by atoms with Crippen molar-refractivity contribution in [3.8, 4) is 0 Å². The maximum absolute atomic E-state index is 13.7. The molecule has 2 aliphatic rings. The zero-order chi connectivity index (χ0) is 22.9. The lowest BCUT2D eigenvalue weighted by molar-refractivity contribution is -0.115. The third kappa shape index (κ3) is 2.46. The van der Waals surface area contributed by atoms with Gasteiger partial charge >= 0.3 is 5.69 Å². The molecule has 0 bridgehead atoms. The molecule has 1 unspecified atom stereocenters. The SMILES string of the molecule is CC(=O)N1C2=C(C(=O)c3ccccc32)C(c2ccc(F)cc2)c2c1n(C)c(=O)n(C)c2=O. The number of amides is 1. The molecule has 32 heavy (non-hydrogen) atoms. The van der Waals surface area contributed by atoms with Crippen LogP contribution in [0.1, 0.15) is 39.9 Å². The van der Waals surface area contributed by atoms with Crippen LogP contribution in [0.15, 0.2) is 63.7 Å². The molecular weight excluding hydrogens is 413 g/mol. The fourth-order valence-corrected chi connectivity index (χ4v) is 4.72. The van der Waals surface area contributed by atoms with Crippen molar-refractivity contribution in [1.29, 1.82) is 0 Å². The van der Waals surface area contributed by atoms with E-state index in [1.54, 1.807) is 24.3 Å². The molecule has 1 atom stereocenters. The van der Waals surface area contributed by atoms with Crippen molar-refractivity contribution < 1.29 is 14.0 Å². The summed E-state index contributed by atoms with van der Waals surface area (Å²) < 4.78 is 15.9. The molecule has 0 saturated heterocycles. The lowest BCUT2D eigenvalue weighted by atomic mass is 9.81. The molecule has 1 amide bonds. The fourth-order valence-electron chi connectivity index (χ4n) is 4.72. The Bertz CT molecular complexity index is 1500. The molecule has 160 valence electrons. The van der Waals surface area contributed by atoms with E-state index in [0.29, 0.717) is 22.4 Å². The van der Waals surface area contributed by atoms with Crippen molar-refractivity contribution in [2.45, 2.75) is 12.8 Å². The van der Waals surface area contributed by atoms with Gasteiger partial charge in [-0.2, -0.15) is 0 Å². The van der Waals surface area contributed by atoms with Gasteiger partial charge in [-0.25, -0.2) is 9.18 Å². The minimum absolute atomic E-state index is 0.114. The Kier molecular flexibility index (Phi) is 4.17. The normalized spacial score (nSPS) is 16.7. The number of anilines is 1. The van der Waals surface area contributed by atoms with Gasteiger partial charge in [-0.05, 0) is 17.7 Å². The maximum Gasteiger partial charge on any atom is 0.332 e. The number of benzene rings is 2. The standard InChI is InChI=1S/C24H18FN3O4/c1-12(29)28-20-15-6-4-5-7-16(15)21(30)18(20)17(13-8-10-14(25)11-9-13)19-22(28)26(2)24(32)27(3)23(19)31/h4-11,17H,1-3H3. The highest BCUT2D eigenvalue weighted by molar-refractivity contribution is 6.27. The van der Waals surface area contributed by atoms with Crippen LogP contribution < -0.4 is 16.1 Å². The number of Topliss-reactive ketones (excluding diaryl/α,β-unsaturated/α-hetero) is 1. The molecule has 1 aliphatic heterocycles. The van der Waals surface area contributed by atoms with Gasteiger partial charge in [0.2, 0.25) is 5.91 Å². The average Bonchev–Trinajstić information content (AvgIpc) is 3.07. The zero-order valence-electron chi connectivity index (χ0n) is 17.5. The molecule has 2 heterocycles. The zero-order valence-corrected chi connectivity index (χ0v) is 17.5. The van der Waals surface area contributed by atoms with Crippen LogP contribution in [0.4, 0.5) is 10.2 Å². The summed E-state index contributed by atoms with van der Waals surface area (Å²) in [5, 5.41) is 0. The van der Waals surface area contributed by atoms with E-state index in [0.717, 1.165) is 4.57 Å². The van der Waals surface area contributed by atoms with Gasteiger partial charge in [-0.1, -0.05) is 36.4 Å². The Morgan fingerprint density at radius 1 is 0.906 bits per heavy atom. The van der Waals surface area contributed by atoms with Crippen molar-refractivity contribution in [2.75, 3.05) is 4.90 Å². The summed E-state index contributed by atoms with van der Waals surface area (Å²) in [6.45, 7) is 1.32. The highest BCUT2D eigenvalue weighted by Gasteiger charge is 2.47. The number of rotatable bonds is 1. The monoisotopic (exact) mass is 431 g/mol. The Balaban J connectivity index is 1.98. The van der Waals surface area contributed by atoms with E-state index in [-0.39, 0.29) is 22.7 Å². The Morgan fingerprint density at radius 2 is 1.53 bits per heavy atom. The van der Waals surface area contributed by atoms with E-state index >= 15 is 0 Å². The number of hydrogen-bond donors (Lipinski definition) is 0. The number of nitrogens with zero attached hydrogens (tertiary/aromatic N) is 3. The molecule has 1 aliphatic carbocycles. The summed E-state index contributed by atoms with van der Waals surface area (Å²) in [4.78, 5) is 53.9. The maximum atomic E-state index is 13.7. The molecule has 8 heteroatoms. The third-order valence-electron chi connectivity index (χ3n) is 6.13. The van der Waals surface area contributed by atoms with Gasteiger partial charge < -0.3 is 0 Å². The van der Waals surface area contributed by atoms with Crippen LogP contribution in [0.25, 0.3) is 5.70 Å². The average molecular weight is 431 g/mol. The molecule has 1 aromatic heterocycles. The Morgan fingerprint density at radius 3 is 2.16 bits per heavy atom. The summed E-state index contributed by atoms with van der Waals surface area (Å²) in [6.07, 6.45) is 0. The van der Waals surface area contributed by atoms with E-state index in [9.17, 15) is 23.6 Å². The number of halogens is 1. The van der Waals surface area contributed by atoms with Crippen LogP contribution in [-0.4, -0.2) is 20.8 Å². The van der Waals surface area contributed by atoms with Gasteiger partial charge in [-0.3, -0.25) is 28.4 Å². The molecule has 7 nitrogen and oxygen atoms in total. The predicted molar refractivity (Wildman–Crippen MR) is 116 cm³/mol. The van der Waals surface area contributed by atoms with Gasteiger partial charge in [-0.15, -0.1) is 0 Å². The quantitative estimate of drug-likeness (QED) is 0.592. The van der Waals surface area contributed by atoms with Crippen molar-refractivity contribution in [3.05, 3.63) is 103 Å². The smallest absolute Gasteiger partial charge is 0.289 e. The van der Waals surface area contributed by atoms with Gasteiger partial charge in [0.1, 0.15) is 11.6 Å². The number of hydrogen-bond acceptors (Lipinski definition) is 4. The van der Waals surface area contributed by atoms with Crippen molar-refractivity contribution in [3.63, 3.8) is 0 Å². The topological polar surface area (TPSA) is 81.4 Å². The highest BCUT2D eigenvalue weighted by Crippen LogP contribution is 2.50. The van der Waals surface area contributed by atoms with Crippen LogP contribution >= 0.6 is 0 Å². The molecule has 3 aromatic rings. The lowest BCUT2D eigenvalue weighted by Gasteiger charge is -2.36. The van der Waals surface area contributed by atoms with Crippen LogP contribution in [0.2, 0.25) is 0 Å². The van der Waals surface area contributed by atoms with Gasteiger partial charge in [0.05, 0.1) is 11.3 Å². The van der Waals surface area contributed by atoms with E-state index in [4.69, 9.17) is 0 Å². The van der Waals surface area contributed by atoms with Gasteiger partial charge in [0, 0.05) is 43.6 Å². The predicted octanol–water partition coefficient (Wildman–Crippen LogP) is 2.33. The number of carbonyl (C=O) groups excluding carboxylic acids is 2. The number of aromatic nitrogens is 2. The Labute approximate surface area is 181 Å². The van der Waals surface area contributed by atoms with Crippen molar-refractivity contribution in [1.82, 2.24) is 9.13 Å². The molecule has 0 radical (unpaired) electrons. The Hall–Kier alpha value is -4.07. The first-order valence-electron chi connectivity index (χ1n) is 9.98. The first-order valence-corrected chi connectivity index (χ1v) is 9.98. The molecule has 2 aromatic carbocycles. The second-order valence-electron chi connectivity index (χ2n) is 7.92. The van der Waals surface area contributed by atoms with Crippen LogP contribution in [-0.2, 0) is 18.9 Å². The minimum Gasteiger partial charge on any atom is -0.289 e. The summed E-state index contributed by atoms with van der Waals surface area (Å²) >= 11 is 0. The molecule has 5 rings (SSSR count). The first-order chi connectivity index (χ1) is 15.2. The molecule has 0 saturated carbocycles. The van der Waals surface area contributed by atoms with E-state index < -0.39 is 28.9 Å². The van der Waals surface area contributed by atoms with Gasteiger partial charge in [0.15, 0.2) is 5.78 Å². The molecule has 0 spiro atoms. The van der Waals surface area contributed by atoms with E-state index in [1.807, 2.05) is 0 Å². The highest BCUT2D eigenvalue weighted by atomic mass is 19.1. The minimum atomic E-state index is -0.874. The van der Waals surface area contributed by atoms with Crippen molar-refractivity contribution >= 4 is 23.2 Å². The van der Waals surface area contributed by atoms with Crippen molar-refractivity contribution in [2.24, 2.45) is 14.1 Å². The molecule has 0 fully saturated rings. The lowest BCUT2D eigenvalue weighted by Crippen LogP contribution is -2.46. The van der Waals surface area contributed by atoms with Crippen LogP contribution in [0.3, 0.4) is 0 Å². The second-order valence-corrected chi connectivity index (χ2v) is 7.92. The first kappa shape index (κ1) is 19.9. The summed E-state index contributed by atoms with van der Waals surface area (Å²) in [5.74, 6) is -1.97. The van der Waals surface area contributed by atoms with Crippen LogP contribution in [0.5, 0.6) is 0 Å². The van der Waals surface area contributed by atoms with E-state index in [1.165, 1.54) is 54.8 Å². The summed E-state index contributed by atoms with van der Waals surface area (Å²) in [7, 11) is 2.83. The second kappa shape index (κ2) is 6.71. The summed E-state index contributed by atoms with van der Waals surface area (Å²) in [6, 6.07) is 12.4. The largest absolute Gasteiger partial charge is 0.332 e. The molecular formula is C24H18FN3O4. The number of allylic oxidation sites excluding steroid dienone is 1. The van der Waals surface area contributed by atoms with Gasteiger partial charge in [0.25, 0.3) is 5.56 Å². The van der Waals surface area contributed by atoms with E-state index in [2.05, 4.69) is 0 Å². The summed E-state index contributed by atoms with van der Waals surface area (Å²) in [5.41, 5.74) is 0.994. The molecule has 0 N–H and O–H groups in total. The number of carbonyl (C=O) groups is 2. The van der Waals surface area contributed by atoms with Crippen LogP contribution in [0, 0.1) is 5.82 Å².